The predicted molar refractivity (Wildman–Crippen MR) is 73.4 cm³/mol. The Morgan fingerprint density at radius 3 is 2.78 bits per heavy atom. The third kappa shape index (κ3) is 2.81. The molecule has 0 radical (unpaired) electrons. The van der Waals surface area contributed by atoms with Crippen LogP contribution in [0.4, 0.5) is 5.69 Å². The van der Waals surface area contributed by atoms with E-state index in [1.165, 1.54) is 0 Å². The molecule has 5 heteroatoms. The summed E-state index contributed by atoms with van der Waals surface area (Å²) < 4.78 is 0. The van der Waals surface area contributed by atoms with Crippen molar-refractivity contribution in [3.05, 3.63) is 57.8 Å². The molecule has 0 spiro atoms. The van der Waals surface area contributed by atoms with Gasteiger partial charge in [-0.25, -0.2) is 4.98 Å². The molecule has 0 aliphatic heterocycles. The van der Waals surface area contributed by atoms with Crippen LogP contribution in [-0.4, -0.2) is 10.9 Å². The normalized spacial score (nSPS) is 10.2. The minimum absolute atomic E-state index is 0.245. The molecule has 0 atom stereocenters. The highest BCUT2D eigenvalue weighted by Crippen LogP contribution is 2.22. The highest BCUT2D eigenvalue weighted by molar-refractivity contribution is 6.35. The summed E-state index contributed by atoms with van der Waals surface area (Å²) in [6.45, 7) is 1.89. The van der Waals surface area contributed by atoms with Crippen molar-refractivity contribution in [3.8, 4) is 0 Å². The number of pyridine rings is 1. The van der Waals surface area contributed by atoms with E-state index in [0.717, 1.165) is 5.56 Å². The highest BCUT2D eigenvalue weighted by atomic mass is 35.5. The first-order valence-electron chi connectivity index (χ1n) is 5.26. The summed E-state index contributed by atoms with van der Waals surface area (Å²) in [6.07, 6.45) is 1.55. The van der Waals surface area contributed by atoms with E-state index in [9.17, 15) is 4.79 Å². The molecule has 2 rings (SSSR count). The van der Waals surface area contributed by atoms with Crippen molar-refractivity contribution in [1.82, 2.24) is 4.98 Å². The van der Waals surface area contributed by atoms with Crippen molar-refractivity contribution in [3.63, 3.8) is 0 Å². The fourth-order valence-electron chi connectivity index (χ4n) is 1.48. The van der Waals surface area contributed by atoms with Crippen molar-refractivity contribution in [2.45, 2.75) is 6.92 Å². The number of aromatic nitrogens is 1. The van der Waals surface area contributed by atoms with Crippen LogP contribution in [0.3, 0.4) is 0 Å². The summed E-state index contributed by atoms with van der Waals surface area (Å²) in [5.74, 6) is -0.307. The SMILES string of the molecule is Cc1ccc(Cl)c(C(=O)Nc2cccnc2Cl)c1. The Balaban J connectivity index is 2.28. The van der Waals surface area contributed by atoms with E-state index < -0.39 is 0 Å². The molecule has 3 nitrogen and oxygen atoms in total. The van der Waals surface area contributed by atoms with Gasteiger partial charge in [0.25, 0.3) is 5.91 Å². The van der Waals surface area contributed by atoms with Crippen LogP contribution in [0.1, 0.15) is 15.9 Å². The molecule has 0 aliphatic carbocycles. The molecule has 1 heterocycles. The summed E-state index contributed by atoms with van der Waals surface area (Å²) in [5.41, 5.74) is 1.83. The van der Waals surface area contributed by atoms with E-state index in [1.54, 1.807) is 30.5 Å². The van der Waals surface area contributed by atoms with Gasteiger partial charge in [-0.1, -0.05) is 34.8 Å². The van der Waals surface area contributed by atoms with E-state index >= 15 is 0 Å². The van der Waals surface area contributed by atoms with Crippen molar-refractivity contribution in [2.24, 2.45) is 0 Å². The molecule has 0 saturated heterocycles. The summed E-state index contributed by atoms with van der Waals surface area (Å²) in [7, 11) is 0. The number of rotatable bonds is 2. The van der Waals surface area contributed by atoms with Gasteiger partial charge in [-0.15, -0.1) is 0 Å². The number of nitrogens with one attached hydrogen (secondary N) is 1. The van der Waals surface area contributed by atoms with Crippen molar-refractivity contribution in [2.75, 3.05) is 5.32 Å². The molecule has 0 fully saturated rings. The van der Waals surface area contributed by atoms with E-state index in [2.05, 4.69) is 10.3 Å². The molecule has 0 aliphatic rings. The Kier molecular flexibility index (Phi) is 3.84. The molecule has 2 aromatic rings. The van der Waals surface area contributed by atoms with Crippen LogP contribution in [0.25, 0.3) is 0 Å². The van der Waals surface area contributed by atoms with Gasteiger partial charge >= 0.3 is 0 Å². The molecular weight excluding hydrogens is 271 g/mol. The summed E-state index contributed by atoms with van der Waals surface area (Å²) in [4.78, 5) is 15.9. The Morgan fingerprint density at radius 1 is 1.28 bits per heavy atom. The lowest BCUT2D eigenvalue weighted by atomic mass is 10.1. The average molecular weight is 281 g/mol. The van der Waals surface area contributed by atoms with E-state index in [-0.39, 0.29) is 11.1 Å². The van der Waals surface area contributed by atoms with Crippen molar-refractivity contribution < 1.29 is 4.79 Å². The van der Waals surface area contributed by atoms with Crippen LogP contribution in [0, 0.1) is 6.92 Å². The minimum Gasteiger partial charge on any atom is -0.319 e. The first-order valence-corrected chi connectivity index (χ1v) is 6.01. The number of benzene rings is 1. The Morgan fingerprint density at radius 2 is 2.06 bits per heavy atom. The van der Waals surface area contributed by atoms with Gasteiger partial charge in [0.15, 0.2) is 5.15 Å². The fraction of sp³-hybridized carbons (Fsp3) is 0.0769. The molecule has 1 N–H and O–H groups in total. The quantitative estimate of drug-likeness (QED) is 0.847. The maximum absolute atomic E-state index is 12.1. The highest BCUT2D eigenvalue weighted by Gasteiger charge is 2.12. The second kappa shape index (κ2) is 5.38. The molecule has 0 unspecified atom stereocenters. The zero-order valence-electron chi connectivity index (χ0n) is 9.58. The van der Waals surface area contributed by atoms with Gasteiger partial charge in [0, 0.05) is 6.20 Å². The van der Waals surface area contributed by atoms with Gasteiger partial charge in [-0.05, 0) is 31.2 Å². The van der Waals surface area contributed by atoms with Gasteiger partial charge in [-0.3, -0.25) is 4.79 Å². The molecule has 1 aromatic carbocycles. The number of nitrogens with zero attached hydrogens (tertiary/aromatic N) is 1. The first-order chi connectivity index (χ1) is 8.58. The zero-order valence-corrected chi connectivity index (χ0v) is 11.1. The van der Waals surface area contributed by atoms with Crippen LogP contribution in [0.15, 0.2) is 36.5 Å². The maximum atomic E-state index is 12.1. The van der Waals surface area contributed by atoms with Crippen LogP contribution in [-0.2, 0) is 0 Å². The van der Waals surface area contributed by atoms with Gasteiger partial charge in [-0.2, -0.15) is 0 Å². The van der Waals surface area contributed by atoms with Crippen LogP contribution < -0.4 is 5.32 Å². The van der Waals surface area contributed by atoms with E-state index in [0.29, 0.717) is 16.3 Å². The van der Waals surface area contributed by atoms with Crippen LogP contribution in [0.2, 0.25) is 10.2 Å². The van der Waals surface area contributed by atoms with Crippen molar-refractivity contribution in [1.29, 1.82) is 0 Å². The van der Waals surface area contributed by atoms with Crippen molar-refractivity contribution >= 4 is 34.8 Å². The number of anilines is 1. The molecular formula is C13H10Cl2N2O. The fourth-order valence-corrected chi connectivity index (χ4v) is 1.85. The first kappa shape index (κ1) is 12.9. The van der Waals surface area contributed by atoms with Gasteiger partial charge in [0.1, 0.15) is 0 Å². The Hall–Kier alpha value is -1.58. The van der Waals surface area contributed by atoms with E-state index in [1.807, 2.05) is 13.0 Å². The Labute approximate surface area is 115 Å². The van der Waals surface area contributed by atoms with E-state index in [4.69, 9.17) is 23.2 Å². The van der Waals surface area contributed by atoms with Gasteiger partial charge in [0.05, 0.1) is 16.3 Å². The maximum Gasteiger partial charge on any atom is 0.257 e. The second-order valence-corrected chi connectivity index (χ2v) is 4.54. The number of carbonyl (C=O) groups is 1. The standard InChI is InChI=1S/C13H10Cl2N2O/c1-8-4-5-10(14)9(7-8)13(18)17-11-3-2-6-16-12(11)15/h2-7H,1H3,(H,17,18). The lowest BCUT2D eigenvalue weighted by Gasteiger charge is -2.08. The average Bonchev–Trinajstić information content (AvgIpc) is 2.35. The summed E-state index contributed by atoms with van der Waals surface area (Å²) in [5, 5.41) is 3.32. The number of carbonyl (C=O) groups excluding carboxylic acids is 1. The predicted octanol–water partition coefficient (Wildman–Crippen LogP) is 3.95. The lowest BCUT2D eigenvalue weighted by molar-refractivity contribution is 0.102. The third-order valence-electron chi connectivity index (χ3n) is 2.37. The smallest absolute Gasteiger partial charge is 0.257 e. The Bertz CT molecular complexity index is 599. The topological polar surface area (TPSA) is 42.0 Å². The van der Waals surface area contributed by atoms with Crippen LogP contribution in [0.5, 0.6) is 0 Å². The molecule has 0 bridgehead atoms. The molecule has 18 heavy (non-hydrogen) atoms. The summed E-state index contributed by atoms with van der Waals surface area (Å²) in [6, 6.07) is 8.63. The number of hydrogen-bond acceptors (Lipinski definition) is 2. The number of halogens is 2. The minimum atomic E-state index is -0.307. The largest absolute Gasteiger partial charge is 0.319 e. The lowest BCUT2D eigenvalue weighted by Crippen LogP contribution is -2.13. The van der Waals surface area contributed by atoms with Crippen LogP contribution >= 0.6 is 23.2 Å². The number of hydrogen-bond donors (Lipinski definition) is 1. The number of amides is 1. The molecule has 0 saturated carbocycles. The zero-order chi connectivity index (χ0) is 13.1. The molecule has 1 amide bonds. The molecule has 1 aromatic heterocycles. The van der Waals surface area contributed by atoms with Gasteiger partial charge in [0.2, 0.25) is 0 Å². The third-order valence-corrected chi connectivity index (χ3v) is 3.00. The monoisotopic (exact) mass is 280 g/mol. The second-order valence-electron chi connectivity index (χ2n) is 3.78. The number of aryl methyl sites for hydroxylation is 1. The van der Waals surface area contributed by atoms with Gasteiger partial charge < -0.3 is 5.32 Å². The molecule has 92 valence electrons. The summed E-state index contributed by atoms with van der Waals surface area (Å²) >= 11 is 11.9.